The Hall–Kier alpha value is -0.850. The molecule has 0 saturated carbocycles. The number of benzene rings is 1. The maximum absolute atomic E-state index is 10.5. The molecule has 1 rings (SSSR count). The topological polar surface area (TPSA) is 52.4 Å². The third kappa shape index (κ3) is 2.57. The van der Waals surface area contributed by atoms with Gasteiger partial charge in [-0.1, -0.05) is 22.6 Å². The third-order valence-electron chi connectivity index (χ3n) is 1.70. The minimum Gasteiger partial charge on any atom is -0.494 e. The van der Waals surface area contributed by atoms with E-state index in [4.69, 9.17) is 4.74 Å². The fourth-order valence-electron chi connectivity index (χ4n) is 1.08. The molecule has 0 fully saturated rings. The third-order valence-corrected chi connectivity index (χ3v) is 2.52. The van der Waals surface area contributed by atoms with Crippen molar-refractivity contribution in [3.8, 4) is 5.75 Å². The second-order valence-corrected chi connectivity index (χ2v) is 3.38. The van der Waals surface area contributed by atoms with E-state index in [9.17, 15) is 10.1 Å². The summed E-state index contributed by atoms with van der Waals surface area (Å²) in [4.78, 5) is 10.1. The smallest absolute Gasteiger partial charge is 0.270 e. The lowest BCUT2D eigenvalue weighted by Crippen LogP contribution is -1.96. The van der Waals surface area contributed by atoms with Crippen LogP contribution in [0.4, 0.5) is 5.69 Å². The van der Waals surface area contributed by atoms with Gasteiger partial charge < -0.3 is 4.74 Å². The molecular weight excluding hydrogens is 297 g/mol. The highest BCUT2D eigenvalue weighted by Gasteiger charge is 2.10. The van der Waals surface area contributed by atoms with Crippen molar-refractivity contribution >= 4 is 28.3 Å². The van der Waals surface area contributed by atoms with Gasteiger partial charge in [-0.2, -0.15) is 0 Å². The Kier molecular flexibility index (Phi) is 4.12. The fourth-order valence-corrected chi connectivity index (χ4v) is 1.68. The van der Waals surface area contributed by atoms with Crippen LogP contribution < -0.4 is 4.74 Å². The molecule has 0 radical (unpaired) electrons. The number of halogens is 1. The van der Waals surface area contributed by atoms with Crippen LogP contribution in [0.5, 0.6) is 5.75 Å². The van der Waals surface area contributed by atoms with Crippen LogP contribution in [0.1, 0.15) is 12.5 Å². The summed E-state index contributed by atoms with van der Waals surface area (Å²) in [5.41, 5.74) is 0.974. The molecule has 0 aliphatic carbocycles. The summed E-state index contributed by atoms with van der Waals surface area (Å²) < 4.78 is 6.04. The molecule has 0 aliphatic heterocycles. The molecule has 0 heterocycles. The Morgan fingerprint density at radius 1 is 1.57 bits per heavy atom. The Morgan fingerprint density at radius 2 is 2.29 bits per heavy atom. The van der Waals surface area contributed by atoms with Crippen molar-refractivity contribution in [1.82, 2.24) is 0 Å². The van der Waals surface area contributed by atoms with E-state index in [-0.39, 0.29) is 5.69 Å². The Balaban J connectivity index is 3.04. The fraction of sp³-hybridized carbons (Fsp3) is 0.333. The summed E-state index contributed by atoms with van der Waals surface area (Å²) in [6.07, 6.45) is 0. The Labute approximate surface area is 95.6 Å². The van der Waals surface area contributed by atoms with Gasteiger partial charge in [0.05, 0.1) is 11.5 Å². The predicted octanol–water partition coefficient (Wildman–Crippen LogP) is 2.93. The molecule has 0 bridgehead atoms. The molecule has 0 aromatic heterocycles. The van der Waals surface area contributed by atoms with Gasteiger partial charge in [0.2, 0.25) is 0 Å². The average molecular weight is 307 g/mol. The number of alkyl halides is 1. The highest BCUT2D eigenvalue weighted by Crippen LogP contribution is 2.26. The van der Waals surface area contributed by atoms with Gasteiger partial charge in [0, 0.05) is 22.1 Å². The first-order valence-electron chi connectivity index (χ1n) is 4.15. The van der Waals surface area contributed by atoms with E-state index in [2.05, 4.69) is 22.6 Å². The number of ether oxygens (including phenoxy) is 1. The summed E-state index contributed by atoms with van der Waals surface area (Å²) in [5.74, 6) is 0.729. The van der Waals surface area contributed by atoms with Gasteiger partial charge >= 0.3 is 0 Å². The van der Waals surface area contributed by atoms with Crippen molar-refractivity contribution in [1.29, 1.82) is 0 Å². The van der Waals surface area contributed by atoms with Crippen LogP contribution in [0, 0.1) is 10.1 Å². The zero-order chi connectivity index (χ0) is 10.6. The average Bonchev–Trinajstić information content (AvgIpc) is 2.18. The van der Waals surface area contributed by atoms with E-state index >= 15 is 0 Å². The van der Waals surface area contributed by atoms with Crippen molar-refractivity contribution in [3.63, 3.8) is 0 Å². The maximum Gasteiger partial charge on any atom is 0.270 e. The van der Waals surface area contributed by atoms with Crippen LogP contribution in [-0.2, 0) is 4.43 Å². The number of nitrogens with zero attached hydrogens (tertiary/aromatic N) is 1. The molecule has 5 heteroatoms. The van der Waals surface area contributed by atoms with E-state index in [1.165, 1.54) is 6.07 Å². The van der Waals surface area contributed by atoms with E-state index in [1.54, 1.807) is 12.1 Å². The highest BCUT2D eigenvalue weighted by molar-refractivity contribution is 14.1. The lowest BCUT2D eigenvalue weighted by Gasteiger charge is -2.07. The number of rotatable bonds is 4. The summed E-state index contributed by atoms with van der Waals surface area (Å²) in [6, 6.07) is 4.66. The summed E-state index contributed by atoms with van der Waals surface area (Å²) in [6.45, 7) is 2.46. The van der Waals surface area contributed by atoms with Gasteiger partial charge in [0.15, 0.2) is 0 Å². The van der Waals surface area contributed by atoms with Gasteiger partial charge in [0.25, 0.3) is 5.69 Å². The molecule has 4 nitrogen and oxygen atoms in total. The van der Waals surface area contributed by atoms with Gasteiger partial charge in [0.1, 0.15) is 5.75 Å². The molecule has 0 aliphatic rings. The lowest BCUT2D eigenvalue weighted by molar-refractivity contribution is -0.384. The molecule has 0 amide bonds. The van der Waals surface area contributed by atoms with E-state index in [1.807, 2.05) is 6.92 Å². The molecular formula is C9H10INO3. The standard InChI is InChI=1S/C9H10INO3/c1-2-14-9-4-3-8(11(12)13)5-7(9)6-10/h3-5H,2,6H2,1H3. The van der Waals surface area contributed by atoms with Crippen molar-refractivity contribution in [2.45, 2.75) is 11.4 Å². The van der Waals surface area contributed by atoms with Crippen LogP contribution in [0.25, 0.3) is 0 Å². The van der Waals surface area contributed by atoms with Crippen molar-refractivity contribution in [2.75, 3.05) is 6.61 Å². The van der Waals surface area contributed by atoms with Crippen molar-refractivity contribution in [2.24, 2.45) is 0 Å². The molecule has 0 N–H and O–H groups in total. The maximum atomic E-state index is 10.5. The summed E-state index contributed by atoms with van der Waals surface area (Å²) in [5, 5.41) is 10.5. The molecule has 0 spiro atoms. The minimum atomic E-state index is -0.397. The van der Waals surface area contributed by atoms with Crippen LogP contribution in [0.2, 0.25) is 0 Å². The van der Waals surface area contributed by atoms with Gasteiger partial charge in [-0.3, -0.25) is 10.1 Å². The largest absolute Gasteiger partial charge is 0.494 e. The zero-order valence-electron chi connectivity index (χ0n) is 7.70. The van der Waals surface area contributed by atoms with Gasteiger partial charge in [-0.05, 0) is 13.0 Å². The lowest BCUT2D eigenvalue weighted by atomic mass is 10.2. The molecule has 14 heavy (non-hydrogen) atoms. The van der Waals surface area contributed by atoms with E-state index in [0.717, 1.165) is 11.3 Å². The summed E-state index contributed by atoms with van der Waals surface area (Å²) in [7, 11) is 0. The molecule has 0 atom stereocenters. The quantitative estimate of drug-likeness (QED) is 0.372. The first-order valence-corrected chi connectivity index (χ1v) is 5.67. The first-order chi connectivity index (χ1) is 6.69. The molecule has 1 aromatic carbocycles. The normalized spacial score (nSPS) is 9.86. The first kappa shape index (κ1) is 11.2. The highest BCUT2D eigenvalue weighted by atomic mass is 127. The SMILES string of the molecule is CCOc1ccc([N+](=O)[O-])cc1CI. The van der Waals surface area contributed by atoms with Gasteiger partial charge in [-0.15, -0.1) is 0 Å². The Morgan fingerprint density at radius 3 is 2.79 bits per heavy atom. The van der Waals surface area contributed by atoms with Gasteiger partial charge in [-0.25, -0.2) is 0 Å². The molecule has 0 unspecified atom stereocenters. The molecule has 0 saturated heterocycles. The Bertz CT molecular complexity index is 341. The number of non-ortho nitro benzene ring substituents is 1. The summed E-state index contributed by atoms with van der Waals surface area (Å²) >= 11 is 2.16. The number of hydrogen-bond donors (Lipinski definition) is 0. The monoisotopic (exact) mass is 307 g/mol. The zero-order valence-corrected chi connectivity index (χ0v) is 9.85. The predicted molar refractivity (Wildman–Crippen MR) is 62.0 cm³/mol. The molecule has 1 aromatic rings. The van der Waals surface area contributed by atoms with Crippen LogP contribution >= 0.6 is 22.6 Å². The molecule has 76 valence electrons. The van der Waals surface area contributed by atoms with Crippen LogP contribution in [0.3, 0.4) is 0 Å². The number of nitro benzene ring substituents is 1. The second-order valence-electron chi connectivity index (χ2n) is 2.62. The minimum absolute atomic E-state index is 0.111. The second kappa shape index (κ2) is 5.14. The van der Waals surface area contributed by atoms with Crippen LogP contribution in [-0.4, -0.2) is 11.5 Å². The van der Waals surface area contributed by atoms with Crippen LogP contribution in [0.15, 0.2) is 18.2 Å². The van der Waals surface area contributed by atoms with Crippen molar-refractivity contribution in [3.05, 3.63) is 33.9 Å². The van der Waals surface area contributed by atoms with Crippen molar-refractivity contribution < 1.29 is 9.66 Å². The van der Waals surface area contributed by atoms with E-state index in [0.29, 0.717) is 11.0 Å². The number of hydrogen-bond acceptors (Lipinski definition) is 3. The van der Waals surface area contributed by atoms with E-state index < -0.39 is 4.92 Å². The number of nitro groups is 1.